The summed E-state index contributed by atoms with van der Waals surface area (Å²) in [6.07, 6.45) is 3.05. The van der Waals surface area contributed by atoms with E-state index in [2.05, 4.69) is 15.1 Å². The number of aryl methyl sites for hydroxylation is 1. The minimum atomic E-state index is -0.167. The number of nitriles is 1. The molecule has 3 rings (SSSR count). The molecule has 0 aliphatic carbocycles. The SMILES string of the molecule is Cc1cc(C(=O)N2CCN(c3nccnc3C#N)CC2)on1. The summed E-state index contributed by atoms with van der Waals surface area (Å²) in [4.78, 5) is 24.2. The van der Waals surface area contributed by atoms with Crippen molar-refractivity contribution in [3.05, 3.63) is 35.6 Å². The molecule has 22 heavy (non-hydrogen) atoms. The summed E-state index contributed by atoms with van der Waals surface area (Å²) in [6.45, 7) is 4.01. The van der Waals surface area contributed by atoms with Crippen molar-refractivity contribution in [2.24, 2.45) is 0 Å². The molecule has 0 unspecified atom stereocenters. The molecule has 1 amide bonds. The highest BCUT2D eigenvalue weighted by molar-refractivity contribution is 5.91. The fraction of sp³-hybridized carbons (Fsp3) is 0.357. The molecule has 3 heterocycles. The molecule has 1 aliphatic heterocycles. The summed E-state index contributed by atoms with van der Waals surface area (Å²) in [5, 5.41) is 12.8. The van der Waals surface area contributed by atoms with E-state index in [1.54, 1.807) is 24.1 Å². The zero-order valence-corrected chi connectivity index (χ0v) is 12.1. The summed E-state index contributed by atoms with van der Waals surface area (Å²) in [7, 11) is 0. The normalized spacial score (nSPS) is 14.7. The van der Waals surface area contributed by atoms with Gasteiger partial charge in [0.1, 0.15) is 6.07 Å². The van der Waals surface area contributed by atoms with Crippen LogP contribution in [0.25, 0.3) is 0 Å². The molecule has 1 aliphatic rings. The van der Waals surface area contributed by atoms with E-state index >= 15 is 0 Å². The van der Waals surface area contributed by atoms with Crippen molar-refractivity contribution in [3.63, 3.8) is 0 Å². The van der Waals surface area contributed by atoms with Gasteiger partial charge in [-0.1, -0.05) is 5.16 Å². The molecule has 8 nitrogen and oxygen atoms in total. The summed E-state index contributed by atoms with van der Waals surface area (Å²) in [5.74, 6) is 0.649. The van der Waals surface area contributed by atoms with Crippen LogP contribution in [0.15, 0.2) is 23.0 Å². The molecule has 8 heteroatoms. The van der Waals surface area contributed by atoms with Crippen LogP contribution < -0.4 is 4.90 Å². The number of carbonyl (C=O) groups is 1. The lowest BCUT2D eigenvalue weighted by Crippen LogP contribution is -2.49. The van der Waals surface area contributed by atoms with Crippen LogP contribution in [0.5, 0.6) is 0 Å². The lowest BCUT2D eigenvalue weighted by atomic mass is 10.2. The third kappa shape index (κ3) is 2.61. The summed E-state index contributed by atoms with van der Waals surface area (Å²) in [6, 6.07) is 3.67. The average Bonchev–Trinajstić information content (AvgIpc) is 3.01. The second kappa shape index (κ2) is 5.81. The molecule has 112 valence electrons. The van der Waals surface area contributed by atoms with Gasteiger partial charge in [-0.25, -0.2) is 9.97 Å². The Morgan fingerprint density at radius 3 is 2.64 bits per heavy atom. The number of hydrogen-bond acceptors (Lipinski definition) is 7. The van der Waals surface area contributed by atoms with Gasteiger partial charge in [0.15, 0.2) is 11.5 Å². The van der Waals surface area contributed by atoms with Gasteiger partial charge in [0.05, 0.1) is 5.69 Å². The maximum Gasteiger partial charge on any atom is 0.292 e. The number of anilines is 1. The molecule has 0 spiro atoms. The first-order valence-corrected chi connectivity index (χ1v) is 6.87. The molecule has 0 radical (unpaired) electrons. The molecule has 2 aromatic heterocycles. The number of amides is 1. The maximum absolute atomic E-state index is 12.3. The fourth-order valence-corrected chi connectivity index (χ4v) is 2.38. The smallest absolute Gasteiger partial charge is 0.292 e. The first-order valence-electron chi connectivity index (χ1n) is 6.87. The number of carbonyl (C=O) groups excluding carboxylic acids is 1. The van der Waals surface area contributed by atoms with Gasteiger partial charge in [0, 0.05) is 44.6 Å². The van der Waals surface area contributed by atoms with Crippen LogP contribution >= 0.6 is 0 Å². The lowest BCUT2D eigenvalue weighted by molar-refractivity contribution is 0.0704. The Bertz CT molecular complexity index is 727. The quantitative estimate of drug-likeness (QED) is 0.800. The zero-order chi connectivity index (χ0) is 15.5. The first kappa shape index (κ1) is 14.0. The highest BCUT2D eigenvalue weighted by Crippen LogP contribution is 2.17. The Balaban J connectivity index is 1.68. The summed E-state index contributed by atoms with van der Waals surface area (Å²) < 4.78 is 5.01. The molecular weight excluding hydrogens is 284 g/mol. The van der Waals surface area contributed by atoms with Gasteiger partial charge in [-0.15, -0.1) is 0 Å². The van der Waals surface area contributed by atoms with Crippen molar-refractivity contribution in [1.29, 1.82) is 5.26 Å². The highest BCUT2D eigenvalue weighted by Gasteiger charge is 2.26. The molecule has 1 saturated heterocycles. The van der Waals surface area contributed by atoms with E-state index in [4.69, 9.17) is 9.78 Å². The monoisotopic (exact) mass is 298 g/mol. The van der Waals surface area contributed by atoms with Crippen LogP contribution in [0.4, 0.5) is 5.82 Å². The van der Waals surface area contributed by atoms with Gasteiger partial charge >= 0.3 is 0 Å². The van der Waals surface area contributed by atoms with E-state index in [1.165, 1.54) is 6.20 Å². The van der Waals surface area contributed by atoms with Crippen LogP contribution in [0, 0.1) is 18.3 Å². The molecule has 0 N–H and O–H groups in total. The van der Waals surface area contributed by atoms with E-state index in [1.807, 2.05) is 11.0 Å². The van der Waals surface area contributed by atoms with E-state index in [0.29, 0.717) is 43.4 Å². The Kier molecular flexibility index (Phi) is 3.70. The highest BCUT2D eigenvalue weighted by atomic mass is 16.5. The van der Waals surface area contributed by atoms with Crippen molar-refractivity contribution in [1.82, 2.24) is 20.0 Å². The minimum absolute atomic E-state index is 0.167. The van der Waals surface area contributed by atoms with Crippen molar-refractivity contribution < 1.29 is 9.32 Å². The maximum atomic E-state index is 12.3. The second-order valence-corrected chi connectivity index (χ2v) is 4.95. The van der Waals surface area contributed by atoms with E-state index in [0.717, 1.165) is 0 Å². The molecule has 0 aromatic carbocycles. The first-order chi connectivity index (χ1) is 10.7. The largest absolute Gasteiger partial charge is 0.351 e. The Morgan fingerprint density at radius 2 is 2.00 bits per heavy atom. The summed E-state index contributed by atoms with van der Waals surface area (Å²) >= 11 is 0. The molecule has 1 fully saturated rings. The van der Waals surface area contributed by atoms with Gasteiger partial charge in [-0.05, 0) is 6.92 Å². The molecule has 0 atom stereocenters. The van der Waals surface area contributed by atoms with E-state index in [9.17, 15) is 4.79 Å². The molecular formula is C14H14N6O2. The molecule has 0 bridgehead atoms. The Hall–Kier alpha value is -2.95. The van der Waals surface area contributed by atoms with Crippen molar-refractivity contribution in [3.8, 4) is 6.07 Å². The summed E-state index contributed by atoms with van der Waals surface area (Å²) in [5.41, 5.74) is 0.980. The number of aromatic nitrogens is 3. The Morgan fingerprint density at radius 1 is 1.27 bits per heavy atom. The minimum Gasteiger partial charge on any atom is -0.351 e. The third-order valence-electron chi connectivity index (χ3n) is 3.49. The zero-order valence-electron chi connectivity index (χ0n) is 12.1. The predicted molar refractivity (Wildman–Crippen MR) is 76.1 cm³/mol. The lowest BCUT2D eigenvalue weighted by Gasteiger charge is -2.34. The van der Waals surface area contributed by atoms with Crippen LogP contribution in [-0.4, -0.2) is 52.1 Å². The van der Waals surface area contributed by atoms with Crippen molar-refractivity contribution in [2.45, 2.75) is 6.92 Å². The van der Waals surface area contributed by atoms with Gasteiger partial charge in [-0.3, -0.25) is 4.79 Å². The number of hydrogen-bond donors (Lipinski definition) is 0. The van der Waals surface area contributed by atoms with E-state index in [-0.39, 0.29) is 11.7 Å². The van der Waals surface area contributed by atoms with Gasteiger partial charge in [0.2, 0.25) is 5.76 Å². The molecule has 0 saturated carbocycles. The van der Waals surface area contributed by atoms with Crippen LogP contribution in [0.1, 0.15) is 21.9 Å². The van der Waals surface area contributed by atoms with Crippen molar-refractivity contribution >= 4 is 11.7 Å². The van der Waals surface area contributed by atoms with Crippen molar-refractivity contribution in [2.75, 3.05) is 31.1 Å². The van der Waals surface area contributed by atoms with Crippen LogP contribution in [0.2, 0.25) is 0 Å². The van der Waals surface area contributed by atoms with E-state index < -0.39 is 0 Å². The Labute approximate surface area is 127 Å². The van der Waals surface area contributed by atoms with Gasteiger partial charge < -0.3 is 14.3 Å². The topological polar surface area (TPSA) is 99.2 Å². The standard InChI is InChI=1S/C14H14N6O2/c1-10-8-12(22-18-10)14(21)20-6-4-19(5-7-20)13-11(9-15)16-2-3-17-13/h2-3,8H,4-7H2,1H3. The number of piperazine rings is 1. The second-order valence-electron chi connectivity index (χ2n) is 4.95. The predicted octanol–water partition coefficient (Wildman–Crippen LogP) is 0.607. The fourth-order valence-electron chi connectivity index (χ4n) is 2.38. The third-order valence-corrected chi connectivity index (χ3v) is 3.49. The number of rotatable bonds is 2. The van der Waals surface area contributed by atoms with Gasteiger partial charge in [-0.2, -0.15) is 5.26 Å². The van der Waals surface area contributed by atoms with Gasteiger partial charge in [0.25, 0.3) is 5.91 Å². The van der Waals surface area contributed by atoms with Crippen LogP contribution in [0.3, 0.4) is 0 Å². The number of nitrogens with zero attached hydrogens (tertiary/aromatic N) is 6. The van der Waals surface area contributed by atoms with Crippen LogP contribution in [-0.2, 0) is 0 Å². The average molecular weight is 298 g/mol. The molecule has 2 aromatic rings.